The Kier molecular flexibility index (Phi) is 5.71. The molecule has 0 radical (unpaired) electrons. The maximum absolute atomic E-state index is 12.3. The van der Waals surface area contributed by atoms with E-state index in [-0.39, 0.29) is 11.3 Å². The van der Waals surface area contributed by atoms with Crippen molar-refractivity contribution in [3.63, 3.8) is 0 Å². The van der Waals surface area contributed by atoms with E-state index in [0.717, 1.165) is 12.0 Å². The van der Waals surface area contributed by atoms with Crippen LogP contribution in [0.1, 0.15) is 37.3 Å². The van der Waals surface area contributed by atoms with Crippen LogP contribution in [0.25, 0.3) is 0 Å². The molecule has 6 heteroatoms. The summed E-state index contributed by atoms with van der Waals surface area (Å²) in [6.07, 6.45) is 1.76. The second-order valence-electron chi connectivity index (χ2n) is 4.92. The van der Waals surface area contributed by atoms with E-state index in [9.17, 15) is 13.2 Å². The molecule has 2 N–H and O–H groups in total. The molecule has 1 rings (SSSR count). The first kappa shape index (κ1) is 16.7. The van der Waals surface area contributed by atoms with Crippen molar-refractivity contribution in [1.82, 2.24) is 4.72 Å². The van der Waals surface area contributed by atoms with Crippen LogP contribution in [-0.2, 0) is 14.8 Å². The quantitative estimate of drug-likeness (QED) is 0.808. The molecule has 0 amide bonds. The predicted molar refractivity (Wildman–Crippen MR) is 77.2 cm³/mol. The highest BCUT2D eigenvalue weighted by molar-refractivity contribution is 7.89. The number of hydrogen-bond acceptors (Lipinski definition) is 3. The number of carboxylic acids is 1. The summed E-state index contributed by atoms with van der Waals surface area (Å²) in [7, 11) is -3.81. The molecule has 0 heterocycles. The number of carbonyl (C=O) groups is 1. The molecule has 0 spiro atoms. The standard InChI is InChI=1S/C14H21NO4S/c1-4-5-6-12(14(16)17)15-20(18,19)13-8-7-10(2)9-11(13)3/h7-9,12,15H,4-6H2,1-3H3,(H,16,17). The zero-order valence-electron chi connectivity index (χ0n) is 12.0. The molecular weight excluding hydrogens is 278 g/mol. The first-order valence-electron chi connectivity index (χ1n) is 6.60. The average Bonchev–Trinajstić information content (AvgIpc) is 2.33. The third-order valence-corrected chi connectivity index (χ3v) is 4.69. The van der Waals surface area contributed by atoms with Crippen molar-refractivity contribution in [3.05, 3.63) is 29.3 Å². The Morgan fingerprint density at radius 3 is 2.50 bits per heavy atom. The van der Waals surface area contributed by atoms with Crippen LogP contribution >= 0.6 is 0 Å². The number of aryl methyl sites for hydroxylation is 2. The normalized spacial score (nSPS) is 13.2. The number of sulfonamides is 1. The minimum atomic E-state index is -3.81. The van der Waals surface area contributed by atoms with Gasteiger partial charge in [-0.1, -0.05) is 37.5 Å². The van der Waals surface area contributed by atoms with Gasteiger partial charge < -0.3 is 5.11 Å². The first-order valence-corrected chi connectivity index (χ1v) is 8.08. The summed E-state index contributed by atoms with van der Waals surface area (Å²) < 4.78 is 26.8. The van der Waals surface area contributed by atoms with Gasteiger partial charge in [-0.15, -0.1) is 0 Å². The van der Waals surface area contributed by atoms with Crippen molar-refractivity contribution in [2.45, 2.75) is 51.0 Å². The Hall–Kier alpha value is -1.40. The molecule has 20 heavy (non-hydrogen) atoms. The number of rotatable bonds is 7. The second-order valence-corrected chi connectivity index (χ2v) is 6.61. The summed E-state index contributed by atoms with van der Waals surface area (Å²) in [5.41, 5.74) is 1.57. The molecule has 1 aromatic rings. The molecule has 1 atom stereocenters. The Labute approximate surface area is 120 Å². The highest BCUT2D eigenvalue weighted by Gasteiger charge is 2.25. The molecule has 0 aliphatic carbocycles. The van der Waals surface area contributed by atoms with Gasteiger partial charge in [-0.3, -0.25) is 4.79 Å². The molecule has 0 saturated heterocycles. The molecule has 112 valence electrons. The van der Waals surface area contributed by atoms with E-state index >= 15 is 0 Å². The van der Waals surface area contributed by atoms with E-state index in [0.29, 0.717) is 12.0 Å². The molecule has 5 nitrogen and oxygen atoms in total. The number of aliphatic carboxylic acids is 1. The van der Waals surface area contributed by atoms with Crippen LogP contribution in [0.5, 0.6) is 0 Å². The Morgan fingerprint density at radius 2 is 2.00 bits per heavy atom. The van der Waals surface area contributed by atoms with Crippen molar-refractivity contribution < 1.29 is 18.3 Å². The lowest BCUT2D eigenvalue weighted by Crippen LogP contribution is -2.40. The topological polar surface area (TPSA) is 83.5 Å². The largest absolute Gasteiger partial charge is 0.480 e. The third-order valence-electron chi connectivity index (χ3n) is 3.06. The van der Waals surface area contributed by atoms with Gasteiger partial charge in [0.25, 0.3) is 0 Å². The van der Waals surface area contributed by atoms with E-state index < -0.39 is 22.0 Å². The SMILES string of the molecule is CCCCC(NS(=O)(=O)c1ccc(C)cc1C)C(=O)O. The van der Waals surface area contributed by atoms with Crippen molar-refractivity contribution in [2.24, 2.45) is 0 Å². The van der Waals surface area contributed by atoms with Gasteiger partial charge in [-0.05, 0) is 31.9 Å². The Balaban J connectivity index is 3.00. The fraction of sp³-hybridized carbons (Fsp3) is 0.500. The second kappa shape index (κ2) is 6.85. The van der Waals surface area contributed by atoms with Gasteiger partial charge in [-0.25, -0.2) is 8.42 Å². The summed E-state index contributed by atoms with van der Waals surface area (Å²) in [4.78, 5) is 11.3. The van der Waals surface area contributed by atoms with Crippen molar-refractivity contribution in [2.75, 3.05) is 0 Å². The van der Waals surface area contributed by atoms with Crippen molar-refractivity contribution in [3.8, 4) is 0 Å². The molecule has 0 aliphatic rings. The van der Waals surface area contributed by atoms with E-state index in [4.69, 9.17) is 5.11 Å². The van der Waals surface area contributed by atoms with E-state index in [1.165, 1.54) is 6.07 Å². The lowest BCUT2D eigenvalue weighted by molar-refractivity contribution is -0.139. The van der Waals surface area contributed by atoms with Crippen LogP contribution in [0, 0.1) is 13.8 Å². The molecule has 0 saturated carbocycles. The van der Waals surface area contributed by atoms with Gasteiger partial charge in [-0.2, -0.15) is 4.72 Å². The summed E-state index contributed by atoms with van der Waals surface area (Å²) in [5.74, 6) is -1.15. The maximum Gasteiger partial charge on any atom is 0.321 e. The molecule has 0 fully saturated rings. The smallest absolute Gasteiger partial charge is 0.321 e. The summed E-state index contributed by atoms with van der Waals surface area (Å²) in [6, 6.07) is 3.88. The molecule has 0 aliphatic heterocycles. The van der Waals surface area contributed by atoms with Crippen molar-refractivity contribution >= 4 is 16.0 Å². The molecule has 0 aromatic heterocycles. The summed E-state index contributed by atoms with van der Waals surface area (Å²) >= 11 is 0. The number of benzene rings is 1. The van der Waals surface area contributed by atoms with E-state index in [1.807, 2.05) is 13.8 Å². The van der Waals surface area contributed by atoms with Gasteiger partial charge in [0, 0.05) is 0 Å². The zero-order chi connectivity index (χ0) is 15.3. The zero-order valence-corrected chi connectivity index (χ0v) is 12.8. The van der Waals surface area contributed by atoms with Gasteiger partial charge in [0.1, 0.15) is 6.04 Å². The average molecular weight is 299 g/mol. The van der Waals surface area contributed by atoms with Gasteiger partial charge in [0.05, 0.1) is 4.90 Å². The molecule has 1 unspecified atom stereocenters. The minimum Gasteiger partial charge on any atom is -0.480 e. The predicted octanol–water partition coefficient (Wildman–Crippen LogP) is 2.23. The number of carboxylic acid groups (broad SMARTS) is 1. The van der Waals surface area contributed by atoms with Crippen LogP contribution in [0.2, 0.25) is 0 Å². The minimum absolute atomic E-state index is 0.130. The highest BCUT2D eigenvalue weighted by atomic mass is 32.2. The fourth-order valence-corrected chi connectivity index (χ4v) is 3.44. The first-order chi connectivity index (χ1) is 9.27. The number of unbranched alkanes of at least 4 members (excludes halogenated alkanes) is 1. The van der Waals surface area contributed by atoms with E-state index in [1.54, 1.807) is 19.1 Å². The van der Waals surface area contributed by atoms with Gasteiger partial charge in [0.15, 0.2) is 0 Å². The summed E-state index contributed by atoms with van der Waals surface area (Å²) in [6.45, 7) is 5.50. The maximum atomic E-state index is 12.3. The van der Waals surface area contributed by atoms with Crippen molar-refractivity contribution in [1.29, 1.82) is 0 Å². The van der Waals surface area contributed by atoms with E-state index in [2.05, 4.69) is 4.72 Å². The third kappa shape index (κ3) is 4.31. The lowest BCUT2D eigenvalue weighted by Gasteiger charge is -2.15. The fourth-order valence-electron chi connectivity index (χ4n) is 1.99. The highest BCUT2D eigenvalue weighted by Crippen LogP contribution is 2.17. The van der Waals surface area contributed by atoms with Gasteiger partial charge >= 0.3 is 5.97 Å². The summed E-state index contributed by atoms with van der Waals surface area (Å²) in [5, 5.41) is 9.10. The van der Waals surface area contributed by atoms with Gasteiger partial charge in [0.2, 0.25) is 10.0 Å². The van der Waals surface area contributed by atoms with Crippen LogP contribution < -0.4 is 4.72 Å². The molecular formula is C14H21NO4S. The van der Waals surface area contributed by atoms with Crippen LogP contribution in [-0.4, -0.2) is 25.5 Å². The number of nitrogens with one attached hydrogen (secondary N) is 1. The van der Waals surface area contributed by atoms with Crippen LogP contribution in [0.3, 0.4) is 0 Å². The van der Waals surface area contributed by atoms with Crippen LogP contribution in [0.15, 0.2) is 23.1 Å². The number of hydrogen-bond donors (Lipinski definition) is 2. The Bertz CT molecular complexity index is 581. The molecule has 0 bridgehead atoms. The molecule has 1 aromatic carbocycles. The Morgan fingerprint density at radius 1 is 1.35 bits per heavy atom. The van der Waals surface area contributed by atoms with Crippen LogP contribution in [0.4, 0.5) is 0 Å². The lowest BCUT2D eigenvalue weighted by atomic mass is 10.1. The monoisotopic (exact) mass is 299 g/mol.